The summed E-state index contributed by atoms with van der Waals surface area (Å²) in [5.74, 6) is -0.883. The Kier molecular flexibility index (Phi) is 14.9. The molecule has 0 aromatic heterocycles. The highest BCUT2D eigenvalue weighted by molar-refractivity contribution is 7.86. The first kappa shape index (κ1) is 51.0. The maximum atomic E-state index is 12.5. The molecule has 0 saturated carbocycles. The number of allylic oxidation sites excluding steroid dienone is 7. The Morgan fingerprint density at radius 2 is 1.35 bits per heavy atom. The van der Waals surface area contributed by atoms with E-state index in [1.165, 1.54) is 11.1 Å². The molecule has 0 spiro atoms. The van der Waals surface area contributed by atoms with Crippen molar-refractivity contribution in [3.8, 4) is 5.75 Å². The summed E-state index contributed by atoms with van der Waals surface area (Å²) >= 11 is 0. The number of fused-ring (bicyclic) bond motifs is 6. The van der Waals surface area contributed by atoms with Crippen LogP contribution in [0.2, 0.25) is 0 Å². The molecule has 5 aromatic rings. The number of carboxylic acid groups (broad SMARTS) is 1. The van der Waals surface area contributed by atoms with E-state index < -0.39 is 42.9 Å². The van der Waals surface area contributed by atoms with Gasteiger partial charge in [0.2, 0.25) is 11.6 Å². The van der Waals surface area contributed by atoms with Crippen molar-refractivity contribution >= 4 is 76.4 Å². The minimum Gasteiger partial charge on any atom is -0.481 e. The second kappa shape index (κ2) is 20.8. The summed E-state index contributed by atoms with van der Waals surface area (Å²) in [6.07, 6.45) is 12.0. The molecule has 1 amide bonds. The molecule has 372 valence electrons. The fourth-order valence-electron chi connectivity index (χ4n) is 10.5. The van der Waals surface area contributed by atoms with Crippen molar-refractivity contribution in [3.05, 3.63) is 155 Å². The number of carbonyl (C=O) groups is 2. The van der Waals surface area contributed by atoms with Crippen LogP contribution >= 0.6 is 0 Å². The van der Waals surface area contributed by atoms with Crippen molar-refractivity contribution in [1.29, 1.82) is 0 Å². The molecule has 0 unspecified atom stereocenters. The van der Waals surface area contributed by atoms with Gasteiger partial charge >= 0.3 is 5.97 Å². The van der Waals surface area contributed by atoms with E-state index in [1.807, 2.05) is 24.3 Å². The molecule has 3 aliphatic rings. The maximum Gasteiger partial charge on any atom is 0.303 e. The number of hydrogen-bond donors (Lipinski definition) is 4. The number of anilines is 2. The predicted molar refractivity (Wildman–Crippen MR) is 281 cm³/mol. The molecule has 8 rings (SSSR count). The number of nitrogens with zero attached hydrogens (tertiary/aromatic N) is 2. The first-order valence-corrected chi connectivity index (χ1v) is 27.4. The number of rotatable bonds is 19. The molecule has 0 bridgehead atoms. The average molecular weight is 1000 g/mol. The van der Waals surface area contributed by atoms with Crippen molar-refractivity contribution in [3.63, 3.8) is 0 Å². The Hall–Kier alpha value is -6.39. The van der Waals surface area contributed by atoms with Gasteiger partial charge in [-0.15, -0.1) is 0 Å². The zero-order valence-electron chi connectivity index (χ0n) is 40.6. The van der Waals surface area contributed by atoms with E-state index in [1.54, 1.807) is 24.3 Å². The largest absolute Gasteiger partial charge is 0.481 e. The number of carbonyl (C=O) groups excluding carboxylic acids is 1. The zero-order chi connectivity index (χ0) is 50.7. The molecule has 0 atom stereocenters. The lowest BCUT2D eigenvalue weighted by Crippen LogP contribution is -2.28. The monoisotopic (exact) mass is 1000 g/mol. The molecule has 0 fully saturated rings. The van der Waals surface area contributed by atoms with Gasteiger partial charge in [-0.1, -0.05) is 74.5 Å². The topological polar surface area (TPSA) is 191 Å². The zero-order valence-corrected chi connectivity index (χ0v) is 42.3. The van der Waals surface area contributed by atoms with Crippen LogP contribution in [0.25, 0.3) is 21.5 Å². The molecule has 5 aromatic carbocycles. The predicted octanol–water partition coefficient (Wildman–Crippen LogP) is 11.2. The van der Waals surface area contributed by atoms with Gasteiger partial charge in [-0.3, -0.25) is 18.7 Å². The summed E-state index contributed by atoms with van der Waals surface area (Å²) in [5, 5.41) is 16.3. The number of unbranched alkanes of at least 4 members (excludes halogenated alkanes) is 2. The van der Waals surface area contributed by atoms with Crippen molar-refractivity contribution in [2.45, 2.75) is 96.3 Å². The summed E-state index contributed by atoms with van der Waals surface area (Å²) in [6.45, 7) is 9.90. The van der Waals surface area contributed by atoms with Crippen LogP contribution in [0.5, 0.6) is 5.75 Å². The Morgan fingerprint density at radius 1 is 0.718 bits per heavy atom. The minimum atomic E-state index is -4.11. The van der Waals surface area contributed by atoms with E-state index in [-0.39, 0.29) is 24.3 Å². The van der Waals surface area contributed by atoms with Gasteiger partial charge in [0.05, 0.1) is 23.3 Å². The summed E-state index contributed by atoms with van der Waals surface area (Å²) in [6, 6.07) is 32.1. The molecule has 0 saturated heterocycles. The Bertz CT molecular complexity index is 3290. The number of hydrogen-bond acceptors (Lipinski definition) is 8. The SMILES string of the molecule is CC1(C)C(/C=C/C2=C(Oc3ccc(NC(=O)CCC(=O)O)cc3)C(=C/C=C3/N(CCCCS(=O)(=O)O)c4ccc5ccccc5c4C3(C)C)/CCC2)=[N+](CCCCS(=O)(=O)O)c2ccc3ccccc3c21. The minimum absolute atomic E-state index is 0.154. The molecule has 4 N–H and O–H groups in total. The fourth-order valence-corrected chi connectivity index (χ4v) is 11.7. The molecular weight excluding hydrogens is 939 g/mol. The summed E-state index contributed by atoms with van der Waals surface area (Å²) in [5.41, 5.74) is 8.02. The van der Waals surface area contributed by atoms with E-state index in [9.17, 15) is 35.5 Å². The highest BCUT2D eigenvalue weighted by Crippen LogP contribution is 2.51. The van der Waals surface area contributed by atoms with Crippen LogP contribution in [0.1, 0.15) is 96.6 Å². The number of amides is 1. The quantitative estimate of drug-likeness (QED) is 0.0350. The average Bonchev–Trinajstić information content (AvgIpc) is 3.68. The van der Waals surface area contributed by atoms with Crippen molar-refractivity contribution < 1.29 is 49.9 Å². The van der Waals surface area contributed by atoms with Crippen LogP contribution < -0.4 is 15.0 Å². The van der Waals surface area contributed by atoms with E-state index in [2.05, 4.69) is 115 Å². The van der Waals surface area contributed by atoms with Gasteiger partial charge in [0.15, 0.2) is 5.71 Å². The molecule has 0 radical (unpaired) electrons. The second-order valence-corrected chi connectivity index (χ2v) is 22.8. The lowest BCUT2D eigenvalue weighted by Gasteiger charge is -2.28. The molecular formula is C56H62N3O10S2+. The van der Waals surface area contributed by atoms with Gasteiger partial charge in [-0.05, 0) is 139 Å². The first-order chi connectivity index (χ1) is 33.7. The third kappa shape index (κ3) is 11.5. The second-order valence-electron chi connectivity index (χ2n) is 19.6. The lowest BCUT2D eigenvalue weighted by atomic mass is 9.78. The number of carboxylic acids is 1. The van der Waals surface area contributed by atoms with Gasteiger partial charge in [-0.25, -0.2) is 0 Å². The van der Waals surface area contributed by atoms with Crippen LogP contribution in [0.15, 0.2) is 144 Å². The third-order valence-corrected chi connectivity index (χ3v) is 15.5. The van der Waals surface area contributed by atoms with Crippen LogP contribution in [0, 0.1) is 0 Å². The van der Waals surface area contributed by atoms with Gasteiger partial charge in [0, 0.05) is 59.6 Å². The van der Waals surface area contributed by atoms with E-state index in [0.29, 0.717) is 68.8 Å². The van der Waals surface area contributed by atoms with Gasteiger partial charge in [0.1, 0.15) is 18.1 Å². The highest BCUT2D eigenvalue weighted by atomic mass is 32.2. The highest BCUT2D eigenvalue weighted by Gasteiger charge is 2.46. The van der Waals surface area contributed by atoms with Crippen molar-refractivity contribution in [2.24, 2.45) is 0 Å². The van der Waals surface area contributed by atoms with E-state index >= 15 is 0 Å². The normalized spacial score (nSPS) is 17.7. The summed E-state index contributed by atoms with van der Waals surface area (Å²) < 4.78 is 75.0. The van der Waals surface area contributed by atoms with Gasteiger partial charge in [-0.2, -0.15) is 21.4 Å². The molecule has 13 nitrogen and oxygen atoms in total. The van der Waals surface area contributed by atoms with E-state index in [4.69, 9.17) is 9.84 Å². The molecule has 2 aliphatic heterocycles. The smallest absolute Gasteiger partial charge is 0.303 e. The molecule has 1 aliphatic carbocycles. The van der Waals surface area contributed by atoms with E-state index in [0.717, 1.165) is 61.9 Å². The molecule has 71 heavy (non-hydrogen) atoms. The van der Waals surface area contributed by atoms with Crippen LogP contribution in [-0.4, -0.2) is 77.8 Å². The van der Waals surface area contributed by atoms with Gasteiger partial charge < -0.3 is 20.1 Å². The fraction of sp³-hybridized carbons (Fsp3) is 0.339. The first-order valence-electron chi connectivity index (χ1n) is 24.2. The lowest BCUT2D eigenvalue weighted by molar-refractivity contribution is -0.438. The Morgan fingerprint density at radius 3 is 2.01 bits per heavy atom. The Balaban J connectivity index is 1.22. The molecule has 2 heterocycles. The van der Waals surface area contributed by atoms with Crippen LogP contribution in [0.3, 0.4) is 0 Å². The van der Waals surface area contributed by atoms with Gasteiger partial charge in [0.25, 0.3) is 20.2 Å². The number of benzene rings is 5. The Labute approximate surface area is 416 Å². The number of aliphatic carboxylic acids is 1. The maximum absolute atomic E-state index is 12.5. The van der Waals surface area contributed by atoms with Crippen LogP contribution in [-0.2, 0) is 40.7 Å². The summed E-state index contributed by atoms with van der Waals surface area (Å²) in [7, 11) is -8.22. The number of ether oxygens (including phenoxy) is 1. The van der Waals surface area contributed by atoms with Crippen molar-refractivity contribution in [1.82, 2.24) is 0 Å². The molecule has 15 heteroatoms. The third-order valence-electron chi connectivity index (χ3n) is 13.9. The number of nitrogens with one attached hydrogen (secondary N) is 1. The standard InChI is InChI=1S/C56H61N3O10S2/c1-55(2)48(58(34-9-11-36-70(63,64)65)46-28-20-38-14-5-7-18-44(38)52(46)55)30-22-40-16-13-17-41(54(40)69-43-26-24-42(25-27-43)57-50(60)32-33-51(61)62)23-31-49-56(3,4)53-45-19-8-6-15-39(45)21-29-47(53)59(49)35-10-12-37-71(66,67)68/h5-8,14-15,18-31H,9-13,16-17,32-37H2,1-4H3,(H3-,57,60,61,62,63,64,65,66,67,68)/p+1. The summed E-state index contributed by atoms with van der Waals surface area (Å²) in [4.78, 5) is 25.8. The van der Waals surface area contributed by atoms with Crippen LogP contribution in [0.4, 0.5) is 17.1 Å². The van der Waals surface area contributed by atoms with Crippen molar-refractivity contribution in [2.75, 3.05) is 34.8 Å².